The fourth-order valence-electron chi connectivity index (χ4n) is 3.71. The van der Waals surface area contributed by atoms with Crippen LogP contribution in [-0.2, 0) is 5.41 Å². The monoisotopic (exact) mass is 317 g/mol. The van der Waals surface area contributed by atoms with Crippen LogP contribution in [0.15, 0.2) is 31.0 Å². The lowest BCUT2D eigenvalue weighted by molar-refractivity contribution is 0.145. The van der Waals surface area contributed by atoms with Crippen molar-refractivity contribution in [2.45, 2.75) is 45.0 Å². The maximum Gasteiger partial charge on any atom is 0.280 e. The highest BCUT2D eigenvalue weighted by molar-refractivity contribution is 5.78. The minimum Gasteiger partial charge on any atom is -0.355 e. The lowest BCUT2D eigenvalue weighted by Gasteiger charge is -2.20. The number of aromatic nitrogens is 2. The predicted molar refractivity (Wildman–Crippen MR) is 88.7 cm³/mol. The molecule has 23 heavy (non-hydrogen) atoms. The van der Waals surface area contributed by atoms with Gasteiger partial charge in [-0.25, -0.2) is 8.78 Å². The Kier molecular flexibility index (Phi) is 3.74. The number of fused-ring (bicyclic) bond motifs is 1. The molecule has 3 nitrogen and oxygen atoms in total. The van der Waals surface area contributed by atoms with E-state index in [1.54, 1.807) is 0 Å². The van der Waals surface area contributed by atoms with Gasteiger partial charge in [0.15, 0.2) is 0 Å². The Morgan fingerprint density at radius 3 is 2.87 bits per heavy atom. The number of anilines is 1. The first-order chi connectivity index (χ1) is 10.8. The normalized spacial score (nSPS) is 19.0. The molecular weight excluding hydrogens is 296 g/mol. The molecule has 0 spiro atoms. The maximum absolute atomic E-state index is 13.0. The fourth-order valence-corrected chi connectivity index (χ4v) is 3.71. The molecule has 1 aliphatic rings. The lowest BCUT2D eigenvalue weighted by Crippen LogP contribution is -2.12. The van der Waals surface area contributed by atoms with Crippen LogP contribution in [0.2, 0.25) is 0 Å². The summed E-state index contributed by atoms with van der Waals surface area (Å²) in [6.07, 6.45) is -0.153. The summed E-state index contributed by atoms with van der Waals surface area (Å²) in [6.45, 7) is 10.6. The second kappa shape index (κ2) is 5.48. The predicted octanol–water partition coefficient (Wildman–Crippen LogP) is 5.21. The SMILES string of the molecule is C=C(Nc1cccc2c1C(C)CC2(C)C)c1cn[nH]c1C(F)F. The fraction of sp³-hybridized carbons (Fsp3) is 0.389. The number of hydrogen-bond acceptors (Lipinski definition) is 2. The summed E-state index contributed by atoms with van der Waals surface area (Å²) in [5.41, 5.74) is 4.17. The Bertz CT molecular complexity index is 746. The summed E-state index contributed by atoms with van der Waals surface area (Å²) >= 11 is 0. The van der Waals surface area contributed by atoms with Gasteiger partial charge in [0.25, 0.3) is 6.43 Å². The van der Waals surface area contributed by atoms with Crippen LogP contribution in [0.4, 0.5) is 14.5 Å². The number of hydrogen-bond donors (Lipinski definition) is 2. The van der Waals surface area contributed by atoms with Gasteiger partial charge in [-0.05, 0) is 34.9 Å². The molecule has 5 heteroatoms. The highest BCUT2D eigenvalue weighted by Gasteiger charge is 2.36. The van der Waals surface area contributed by atoms with E-state index in [1.807, 2.05) is 12.1 Å². The van der Waals surface area contributed by atoms with Crippen LogP contribution >= 0.6 is 0 Å². The molecule has 0 aliphatic heterocycles. The Morgan fingerprint density at radius 2 is 2.17 bits per heavy atom. The van der Waals surface area contributed by atoms with E-state index in [1.165, 1.54) is 17.3 Å². The van der Waals surface area contributed by atoms with Crippen molar-refractivity contribution >= 4 is 11.4 Å². The van der Waals surface area contributed by atoms with Crippen molar-refractivity contribution < 1.29 is 8.78 Å². The van der Waals surface area contributed by atoms with E-state index in [-0.39, 0.29) is 11.1 Å². The summed E-state index contributed by atoms with van der Waals surface area (Å²) in [6, 6.07) is 6.12. The zero-order chi connectivity index (χ0) is 16.8. The molecule has 1 unspecified atom stereocenters. The number of H-pyrrole nitrogens is 1. The third-order valence-corrected chi connectivity index (χ3v) is 4.64. The van der Waals surface area contributed by atoms with E-state index in [9.17, 15) is 8.78 Å². The second-order valence-corrected chi connectivity index (χ2v) is 6.86. The molecule has 0 saturated heterocycles. The van der Waals surface area contributed by atoms with Crippen molar-refractivity contribution in [3.8, 4) is 0 Å². The van der Waals surface area contributed by atoms with Crippen molar-refractivity contribution in [2.24, 2.45) is 0 Å². The highest BCUT2D eigenvalue weighted by Crippen LogP contribution is 2.48. The molecule has 1 aromatic carbocycles. The van der Waals surface area contributed by atoms with Gasteiger partial charge in [-0.2, -0.15) is 5.10 Å². The van der Waals surface area contributed by atoms with Gasteiger partial charge >= 0.3 is 0 Å². The molecule has 2 N–H and O–H groups in total. The summed E-state index contributed by atoms with van der Waals surface area (Å²) in [4.78, 5) is 0. The van der Waals surface area contributed by atoms with Crippen molar-refractivity contribution in [3.05, 3.63) is 53.4 Å². The first-order valence-electron chi connectivity index (χ1n) is 7.72. The van der Waals surface area contributed by atoms with Crippen molar-refractivity contribution in [3.63, 3.8) is 0 Å². The van der Waals surface area contributed by atoms with Crippen LogP contribution in [0, 0.1) is 0 Å². The molecule has 0 radical (unpaired) electrons. The van der Waals surface area contributed by atoms with Crippen molar-refractivity contribution in [1.82, 2.24) is 10.2 Å². The molecule has 1 aliphatic carbocycles. The average molecular weight is 317 g/mol. The van der Waals surface area contributed by atoms with Gasteiger partial charge in [-0.1, -0.05) is 39.5 Å². The molecule has 0 amide bonds. The molecule has 1 aromatic heterocycles. The first kappa shape index (κ1) is 15.7. The largest absolute Gasteiger partial charge is 0.355 e. The smallest absolute Gasteiger partial charge is 0.280 e. The summed E-state index contributed by atoms with van der Waals surface area (Å²) < 4.78 is 26.0. The molecule has 1 atom stereocenters. The quantitative estimate of drug-likeness (QED) is 0.812. The van der Waals surface area contributed by atoms with Gasteiger partial charge in [-0.3, -0.25) is 5.10 Å². The zero-order valence-corrected chi connectivity index (χ0v) is 13.6. The van der Waals surface area contributed by atoms with Gasteiger partial charge in [-0.15, -0.1) is 0 Å². The van der Waals surface area contributed by atoms with Gasteiger partial charge < -0.3 is 5.32 Å². The van der Waals surface area contributed by atoms with Gasteiger partial charge in [0.2, 0.25) is 0 Å². The van der Waals surface area contributed by atoms with Crippen molar-refractivity contribution in [1.29, 1.82) is 0 Å². The highest BCUT2D eigenvalue weighted by atomic mass is 19.3. The van der Waals surface area contributed by atoms with Gasteiger partial charge in [0, 0.05) is 16.9 Å². The van der Waals surface area contributed by atoms with E-state index in [2.05, 4.69) is 48.9 Å². The first-order valence-corrected chi connectivity index (χ1v) is 7.72. The number of nitrogens with one attached hydrogen (secondary N) is 2. The van der Waals surface area contributed by atoms with Gasteiger partial charge in [0.1, 0.15) is 5.69 Å². The second-order valence-electron chi connectivity index (χ2n) is 6.86. The lowest BCUT2D eigenvalue weighted by atomic mass is 9.86. The Labute approximate surface area is 134 Å². The average Bonchev–Trinajstić information content (AvgIpc) is 3.03. The van der Waals surface area contributed by atoms with Crippen molar-refractivity contribution in [2.75, 3.05) is 5.32 Å². The number of benzene rings is 1. The Balaban J connectivity index is 1.95. The molecule has 1 heterocycles. The third-order valence-electron chi connectivity index (χ3n) is 4.64. The summed E-state index contributed by atoms with van der Waals surface area (Å²) in [7, 11) is 0. The van der Waals surface area contributed by atoms with E-state index in [0.717, 1.165) is 12.1 Å². The Hall–Kier alpha value is -2.17. The van der Waals surface area contributed by atoms with Gasteiger partial charge in [0.05, 0.1) is 6.20 Å². The minimum absolute atomic E-state index is 0.123. The van der Waals surface area contributed by atoms with Crippen LogP contribution in [0.5, 0.6) is 0 Å². The number of aromatic amines is 1. The number of alkyl halides is 2. The molecule has 0 fully saturated rings. The molecule has 0 saturated carbocycles. The Morgan fingerprint density at radius 1 is 1.43 bits per heavy atom. The van der Waals surface area contributed by atoms with E-state index in [0.29, 0.717) is 17.2 Å². The molecule has 2 aromatic rings. The summed E-state index contributed by atoms with van der Waals surface area (Å²) in [5.74, 6) is 0.412. The van der Waals surface area contributed by atoms with E-state index in [4.69, 9.17) is 0 Å². The molecule has 122 valence electrons. The molecule has 3 rings (SSSR count). The maximum atomic E-state index is 13.0. The topological polar surface area (TPSA) is 40.7 Å². The van der Waals surface area contributed by atoms with Crippen LogP contribution < -0.4 is 5.32 Å². The number of halogens is 2. The zero-order valence-electron chi connectivity index (χ0n) is 13.6. The number of nitrogens with zero attached hydrogens (tertiary/aromatic N) is 1. The van der Waals surface area contributed by atoms with E-state index < -0.39 is 6.43 Å². The van der Waals surface area contributed by atoms with Crippen LogP contribution in [0.25, 0.3) is 5.70 Å². The molecule has 0 bridgehead atoms. The minimum atomic E-state index is -2.61. The number of rotatable bonds is 4. The van der Waals surface area contributed by atoms with Crippen LogP contribution in [-0.4, -0.2) is 10.2 Å². The third kappa shape index (κ3) is 2.64. The van der Waals surface area contributed by atoms with E-state index >= 15 is 0 Å². The standard InChI is InChI=1S/C18H21F2N3/c1-10-8-18(3,4)13-6-5-7-14(15(10)13)22-11(2)12-9-21-23-16(12)17(19)20/h5-7,9-10,17,22H,2,8H2,1,3-4H3,(H,21,23). The molecular formula is C18H21F2N3. The summed E-state index contributed by atoms with van der Waals surface area (Å²) in [5, 5.41) is 9.28. The van der Waals surface area contributed by atoms with Crippen LogP contribution in [0.3, 0.4) is 0 Å². The van der Waals surface area contributed by atoms with Crippen LogP contribution in [0.1, 0.15) is 61.9 Å².